The fraction of sp³-hybridized carbons (Fsp3) is 0.682. The molecule has 1 amide bonds. The molecule has 0 radical (unpaired) electrons. The van der Waals surface area contributed by atoms with E-state index in [1.807, 2.05) is 4.90 Å². The largest absolute Gasteiger partial charge is 0.419 e. The van der Waals surface area contributed by atoms with Gasteiger partial charge in [0, 0.05) is 49.4 Å². The highest BCUT2D eigenvalue weighted by Crippen LogP contribution is 2.34. The minimum absolute atomic E-state index is 0.00908. The molecule has 1 aromatic carbocycles. The maximum Gasteiger partial charge on any atom is 0.419 e. The lowest BCUT2D eigenvalue weighted by molar-refractivity contribution is -0.140. The summed E-state index contributed by atoms with van der Waals surface area (Å²) in [7, 11) is 0. The van der Waals surface area contributed by atoms with Crippen molar-refractivity contribution in [1.29, 1.82) is 0 Å². The van der Waals surface area contributed by atoms with E-state index in [0.717, 1.165) is 57.5 Å². The van der Waals surface area contributed by atoms with E-state index < -0.39 is 17.6 Å². The summed E-state index contributed by atoms with van der Waals surface area (Å²) in [5.74, 6) is -1.07. The Kier molecular flexibility index (Phi) is 6.95. The number of hydrogen-bond acceptors (Lipinski definition) is 3. The number of alkyl halides is 3. The van der Waals surface area contributed by atoms with E-state index in [2.05, 4.69) is 31.0 Å². The van der Waals surface area contributed by atoms with Crippen LogP contribution in [0.2, 0.25) is 0 Å². The summed E-state index contributed by atoms with van der Waals surface area (Å²) in [5.41, 5.74) is -0.914. The number of hydrogen-bond donors (Lipinski definition) is 1. The first-order valence-electron chi connectivity index (χ1n) is 10.7. The fourth-order valence-electron chi connectivity index (χ4n) is 4.75. The Hall–Kier alpha value is -1.83. The number of anilines is 1. The summed E-state index contributed by atoms with van der Waals surface area (Å²) in [6.45, 7) is 8.89. The van der Waals surface area contributed by atoms with Crippen LogP contribution in [0.1, 0.15) is 52.0 Å². The van der Waals surface area contributed by atoms with E-state index in [1.165, 1.54) is 6.07 Å². The number of halogens is 4. The quantitative estimate of drug-likeness (QED) is 0.702. The SMILES string of the molecule is CC(C)N1CCN(C(=O)[C@H]2CC[C@H](Nc3ccc(C(F)(F)F)c(F)c3)CC2)CC1C. The first-order chi connectivity index (χ1) is 14.1. The van der Waals surface area contributed by atoms with Gasteiger partial charge in [-0.1, -0.05) is 0 Å². The number of nitrogens with zero attached hydrogens (tertiary/aromatic N) is 2. The minimum Gasteiger partial charge on any atom is -0.382 e. The molecule has 2 fully saturated rings. The highest BCUT2D eigenvalue weighted by Gasteiger charge is 2.35. The van der Waals surface area contributed by atoms with Gasteiger partial charge < -0.3 is 10.2 Å². The molecule has 0 bridgehead atoms. The van der Waals surface area contributed by atoms with Crippen LogP contribution in [0.25, 0.3) is 0 Å². The van der Waals surface area contributed by atoms with Crippen molar-refractivity contribution in [3.05, 3.63) is 29.6 Å². The molecular formula is C22H31F4N3O. The molecule has 1 heterocycles. The molecule has 1 aliphatic heterocycles. The molecule has 30 heavy (non-hydrogen) atoms. The maximum atomic E-state index is 13.8. The normalized spacial score (nSPS) is 26.1. The standard InChI is InChI=1S/C22H31F4N3O/c1-14(2)29-11-10-28(13-15(29)3)21(30)16-4-6-17(7-5-16)27-18-8-9-19(20(23)12-18)22(24,25)26/h8-9,12,14-17,27H,4-7,10-11,13H2,1-3H3/t15?,16-,17-. The number of carbonyl (C=O) groups excluding carboxylic acids is 1. The monoisotopic (exact) mass is 429 g/mol. The van der Waals surface area contributed by atoms with E-state index >= 15 is 0 Å². The molecule has 168 valence electrons. The van der Waals surface area contributed by atoms with Crippen LogP contribution in [0.4, 0.5) is 23.2 Å². The summed E-state index contributed by atoms with van der Waals surface area (Å²) in [5, 5.41) is 3.13. The second-order valence-electron chi connectivity index (χ2n) is 8.85. The Morgan fingerprint density at radius 2 is 1.80 bits per heavy atom. The van der Waals surface area contributed by atoms with Crippen LogP contribution >= 0.6 is 0 Å². The lowest BCUT2D eigenvalue weighted by Gasteiger charge is -2.43. The average molecular weight is 430 g/mol. The number of nitrogens with one attached hydrogen (secondary N) is 1. The number of carbonyl (C=O) groups is 1. The number of piperazine rings is 1. The Morgan fingerprint density at radius 3 is 2.33 bits per heavy atom. The van der Waals surface area contributed by atoms with Crippen molar-refractivity contribution >= 4 is 11.6 Å². The maximum absolute atomic E-state index is 13.8. The van der Waals surface area contributed by atoms with Crippen molar-refractivity contribution in [3.8, 4) is 0 Å². The van der Waals surface area contributed by atoms with Crippen molar-refractivity contribution in [2.45, 2.75) is 70.8 Å². The van der Waals surface area contributed by atoms with Gasteiger partial charge in [-0.05, 0) is 64.7 Å². The van der Waals surface area contributed by atoms with Crippen LogP contribution in [0.3, 0.4) is 0 Å². The summed E-state index contributed by atoms with van der Waals surface area (Å²) in [6.07, 6.45) is -1.75. The third-order valence-electron chi connectivity index (χ3n) is 6.38. The molecule has 0 spiro atoms. The highest BCUT2D eigenvalue weighted by atomic mass is 19.4. The molecule has 1 saturated carbocycles. The van der Waals surface area contributed by atoms with Crippen LogP contribution in [0, 0.1) is 11.7 Å². The van der Waals surface area contributed by atoms with Gasteiger partial charge in [0.15, 0.2) is 0 Å². The van der Waals surface area contributed by atoms with Crippen LogP contribution < -0.4 is 5.32 Å². The van der Waals surface area contributed by atoms with Gasteiger partial charge in [0.25, 0.3) is 0 Å². The predicted octanol–water partition coefficient (Wildman–Crippen LogP) is 4.76. The second kappa shape index (κ2) is 9.12. The lowest BCUT2D eigenvalue weighted by atomic mass is 9.84. The molecule has 2 aliphatic rings. The van der Waals surface area contributed by atoms with Gasteiger partial charge >= 0.3 is 6.18 Å². The van der Waals surface area contributed by atoms with Gasteiger partial charge in [0.05, 0.1) is 5.56 Å². The van der Waals surface area contributed by atoms with E-state index in [4.69, 9.17) is 0 Å². The van der Waals surface area contributed by atoms with Crippen molar-refractivity contribution in [2.24, 2.45) is 5.92 Å². The second-order valence-corrected chi connectivity index (χ2v) is 8.85. The summed E-state index contributed by atoms with van der Waals surface area (Å²) in [4.78, 5) is 17.3. The first kappa shape index (κ1) is 22.8. The topological polar surface area (TPSA) is 35.6 Å². The Bertz CT molecular complexity index is 744. The molecule has 8 heteroatoms. The molecule has 1 aromatic rings. The Balaban J connectivity index is 1.50. The number of amides is 1. The molecule has 1 saturated heterocycles. The highest BCUT2D eigenvalue weighted by molar-refractivity contribution is 5.79. The Labute approximate surface area is 175 Å². The molecule has 1 N–H and O–H groups in total. The average Bonchev–Trinajstić information content (AvgIpc) is 2.66. The van der Waals surface area contributed by atoms with E-state index in [9.17, 15) is 22.4 Å². The van der Waals surface area contributed by atoms with Crippen molar-refractivity contribution < 1.29 is 22.4 Å². The first-order valence-corrected chi connectivity index (χ1v) is 10.7. The zero-order chi connectivity index (χ0) is 22.1. The van der Waals surface area contributed by atoms with Crippen LogP contribution in [-0.4, -0.2) is 53.5 Å². The van der Waals surface area contributed by atoms with E-state index in [0.29, 0.717) is 17.8 Å². The third kappa shape index (κ3) is 5.25. The predicted molar refractivity (Wildman–Crippen MR) is 109 cm³/mol. The van der Waals surface area contributed by atoms with Crippen LogP contribution in [-0.2, 0) is 11.0 Å². The molecular weight excluding hydrogens is 398 g/mol. The summed E-state index contributed by atoms with van der Waals surface area (Å²) >= 11 is 0. The zero-order valence-electron chi connectivity index (χ0n) is 17.8. The van der Waals surface area contributed by atoms with Gasteiger partial charge in [0.2, 0.25) is 5.91 Å². The summed E-state index contributed by atoms with van der Waals surface area (Å²) in [6, 6.07) is 3.77. The molecule has 1 unspecified atom stereocenters. The number of rotatable bonds is 4. The van der Waals surface area contributed by atoms with Gasteiger partial charge in [-0.15, -0.1) is 0 Å². The molecule has 4 nitrogen and oxygen atoms in total. The van der Waals surface area contributed by atoms with Gasteiger partial charge in [-0.2, -0.15) is 13.2 Å². The molecule has 1 aliphatic carbocycles. The van der Waals surface area contributed by atoms with Gasteiger partial charge in [-0.3, -0.25) is 9.69 Å². The lowest BCUT2D eigenvalue weighted by Crippen LogP contribution is -2.56. The van der Waals surface area contributed by atoms with Gasteiger partial charge in [-0.25, -0.2) is 4.39 Å². The van der Waals surface area contributed by atoms with Crippen molar-refractivity contribution in [1.82, 2.24) is 9.80 Å². The number of benzene rings is 1. The summed E-state index contributed by atoms with van der Waals surface area (Å²) < 4.78 is 51.9. The molecule has 1 atom stereocenters. The third-order valence-corrected chi connectivity index (χ3v) is 6.38. The zero-order valence-corrected chi connectivity index (χ0v) is 17.8. The van der Waals surface area contributed by atoms with E-state index in [-0.39, 0.29) is 17.9 Å². The molecule has 0 aromatic heterocycles. The van der Waals surface area contributed by atoms with E-state index in [1.54, 1.807) is 0 Å². The van der Waals surface area contributed by atoms with Crippen LogP contribution in [0.15, 0.2) is 18.2 Å². The van der Waals surface area contributed by atoms with Crippen molar-refractivity contribution in [2.75, 3.05) is 25.0 Å². The Morgan fingerprint density at radius 1 is 1.13 bits per heavy atom. The minimum atomic E-state index is -4.70. The molecule has 3 rings (SSSR count). The van der Waals surface area contributed by atoms with Gasteiger partial charge in [0.1, 0.15) is 5.82 Å². The smallest absolute Gasteiger partial charge is 0.382 e. The van der Waals surface area contributed by atoms with Crippen LogP contribution in [0.5, 0.6) is 0 Å². The fourth-order valence-corrected chi connectivity index (χ4v) is 4.75. The van der Waals surface area contributed by atoms with Crippen molar-refractivity contribution in [3.63, 3.8) is 0 Å².